The molecule has 0 aliphatic heterocycles. The summed E-state index contributed by atoms with van der Waals surface area (Å²) in [7, 11) is 0. The highest BCUT2D eigenvalue weighted by Crippen LogP contribution is 2.23. The molecule has 0 atom stereocenters. The van der Waals surface area contributed by atoms with Crippen LogP contribution in [-0.4, -0.2) is 29.9 Å². The first-order valence-electron chi connectivity index (χ1n) is 6.73. The number of aliphatic hydroxyl groups excluding tert-OH is 1. The summed E-state index contributed by atoms with van der Waals surface area (Å²) in [4.78, 5) is 11.1. The molecule has 0 aromatic heterocycles. The van der Waals surface area contributed by atoms with Gasteiger partial charge < -0.3 is 14.6 Å². The Morgan fingerprint density at radius 3 is 2.32 bits per heavy atom. The second-order valence-electron chi connectivity index (χ2n) is 4.90. The summed E-state index contributed by atoms with van der Waals surface area (Å²) in [5.41, 5.74) is 1.07. The van der Waals surface area contributed by atoms with Gasteiger partial charge in [0.1, 0.15) is 12.7 Å². The summed E-state index contributed by atoms with van der Waals surface area (Å²) >= 11 is 0. The van der Waals surface area contributed by atoms with Gasteiger partial charge in [0.25, 0.3) is 0 Å². The summed E-state index contributed by atoms with van der Waals surface area (Å²) in [5, 5.41) is 8.17. The molecule has 1 N–H and O–H groups in total. The van der Waals surface area contributed by atoms with Crippen LogP contribution in [0.1, 0.15) is 31.2 Å². The maximum Gasteiger partial charge on any atom is 0.332 e. The number of hydrogen-bond acceptors (Lipinski definition) is 4. The minimum atomic E-state index is -0.256. The molecule has 0 unspecified atom stereocenters. The molecule has 19 heavy (non-hydrogen) atoms. The fourth-order valence-corrected chi connectivity index (χ4v) is 1.31. The molecule has 2 aliphatic rings. The van der Waals surface area contributed by atoms with E-state index in [-0.39, 0.29) is 24.8 Å². The second-order valence-corrected chi connectivity index (χ2v) is 4.90. The third-order valence-electron chi connectivity index (χ3n) is 2.70. The van der Waals surface area contributed by atoms with Crippen LogP contribution < -0.4 is 0 Å². The maximum absolute atomic E-state index is 11.1. The third kappa shape index (κ3) is 6.94. The minimum absolute atomic E-state index is 0.0470. The molecule has 0 saturated heterocycles. The first-order valence-corrected chi connectivity index (χ1v) is 6.73. The average molecular weight is 264 g/mol. The fraction of sp³-hybridized carbons (Fsp3) is 0.533. The number of esters is 1. The summed E-state index contributed by atoms with van der Waals surface area (Å²) in [5.74, 6) is -0.256. The van der Waals surface area contributed by atoms with Gasteiger partial charge in [-0.3, -0.25) is 0 Å². The number of carbonyl (C=O) groups excluding carboxylic acids is 1. The van der Waals surface area contributed by atoms with E-state index in [1.807, 2.05) is 30.3 Å². The minimum Gasteiger partial charge on any atom is -0.461 e. The van der Waals surface area contributed by atoms with Gasteiger partial charge in [0.05, 0.1) is 12.7 Å². The summed E-state index contributed by atoms with van der Waals surface area (Å²) in [6, 6.07) is 9.77. The molecule has 1 aromatic rings. The van der Waals surface area contributed by atoms with Crippen molar-refractivity contribution in [1.29, 1.82) is 0 Å². The molecule has 4 heteroatoms. The van der Waals surface area contributed by atoms with Crippen LogP contribution in [0.25, 0.3) is 0 Å². The Morgan fingerprint density at radius 1 is 1.16 bits per heavy atom. The van der Waals surface area contributed by atoms with Crippen molar-refractivity contribution >= 4 is 5.97 Å². The summed E-state index contributed by atoms with van der Waals surface area (Å²) in [6.45, 7) is 0.506. The molecular weight excluding hydrogens is 244 g/mol. The van der Waals surface area contributed by atoms with Crippen molar-refractivity contribution in [1.82, 2.24) is 0 Å². The van der Waals surface area contributed by atoms with Gasteiger partial charge in [-0.15, -0.1) is 0 Å². The lowest BCUT2D eigenvalue weighted by atomic mass is 10.2. The van der Waals surface area contributed by atoms with Crippen LogP contribution >= 0.6 is 0 Å². The summed E-state index contributed by atoms with van der Waals surface area (Å²) in [6.07, 6.45) is 4.34. The first-order chi connectivity index (χ1) is 9.24. The van der Waals surface area contributed by atoms with Crippen molar-refractivity contribution in [2.45, 2.75) is 44.5 Å². The van der Waals surface area contributed by atoms with Crippen molar-refractivity contribution in [3.63, 3.8) is 0 Å². The standard InChI is InChI=1S/C12H14O3.C3H6O/c13-12(15-11-6-7-11)9-14-8-10-4-2-1-3-5-10;4-3-1-2-3/h1-5,11H,6-9H2;3-4H,1-2H2. The Balaban J connectivity index is 0.000000284. The molecule has 2 aliphatic carbocycles. The lowest BCUT2D eigenvalue weighted by Gasteiger charge is -2.04. The lowest BCUT2D eigenvalue weighted by molar-refractivity contribution is -0.150. The van der Waals surface area contributed by atoms with E-state index in [9.17, 15) is 4.79 Å². The molecule has 1 aromatic carbocycles. The quantitative estimate of drug-likeness (QED) is 0.827. The number of carbonyl (C=O) groups is 1. The lowest BCUT2D eigenvalue weighted by Crippen LogP contribution is -2.13. The first kappa shape index (κ1) is 14.0. The van der Waals surface area contributed by atoms with Gasteiger partial charge in [-0.05, 0) is 31.2 Å². The van der Waals surface area contributed by atoms with Gasteiger partial charge in [0.15, 0.2) is 0 Å². The second kappa shape index (κ2) is 7.26. The van der Waals surface area contributed by atoms with Gasteiger partial charge in [0.2, 0.25) is 0 Å². The van der Waals surface area contributed by atoms with Gasteiger partial charge >= 0.3 is 5.97 Å². The molecule has 2 fully saturated rings. The predicted octanol–water partition coefficient (Wildman–Crippen LogP) is 2.05. The highest BCUT2D eigenvalue weighted by Gasteiger charge is 2.25. The van der Waals surface area contributed by atoms with Crippen LogP contribution in [0.4, 0.5) is 0 Å². The molecule has 0 bridgehead atoms. The molecule has 0 heterocycles. The Bertz CT molecular complexity index is 382. The molecule has 3 rings (SSSR count). The number of benzene rings is 1. The number of ether oxygens (including phenoxy) is 2. The molecule has 4 nitrogen and oxygen atoms in total. The number of aliphatic hydroxyl groups is 1. The Hall–Kier alpha value is -1.39. The molecule has 0 radical (unpaired) electrons. The molecule has 104 valence electrons. The zero-order valence-electron chi connectivity index (χ0n) is 11.0. The van der Waals surface area contributed by atoms with E-state index >= 15 is 0 Å². The van der Waals surface area contributed by atoms with Crippen LogP contribution in [0.2, 0.25) is 0 Å². The van der Waals surface area contributed by atoms with E-state index in [0.717, 1.165) is 31.2 Å². The van der Waals surface area contributed by atoms with Crippen molar-refractivity contribution < 1.29 is 19.4 Å². The topological polar surface area (TPSA) is 55.8 Å². The van der Waals surface area contributed by atoms with Crippen LogP contribution in [0.5, 0.6) is 0 Å². The smallest absolute Gasteiger partial charge is 0.332 e. The molecule has 2 saturated carbocycles. The Labute approximate surface area is 113 Å². The van der Waals surface area contributed by atoms with Gasteiger partial charge in [0, 0.05) is 0 Å². The van der Waals surface area contributed by atoms with Crippen molar-refractivity contribution in [3.8, 4) is 0 Å². The largest absolute Gasteiger partial charge is 0.461 e. The molecule has 0 spiro atoms. The van der Waals surface area contributed by atoms with E-state index < -0.39 is 0 Å². The van der Waals surface area contributed by atoms with Crippen LogP contribution in [-0.2, 0) is 20.9 Å². The SMILES string of the molecule is O=C(COCc1ccccc1)OC1CC1.OC1CC1. The van der Waals surface area contributed by atoms with Gasteiger partial charge in [-0.1, -0.05) is 30.3 Å². The monoisotopic (exact) mass is 264 g/mol. The van der Waals surface area contributed by atoms with E-state index in [0.29, 0.717) is 6.61 Å². The molecular formula is C15H20O4. The zero-order valence-corrected chi connectivity index (χ0v) is 11.0. The average Bonchev–Trinajstić information content (AvgIpc) is 3.31. The maximum atomic E-state index is 11.1. The van der Waals surface area contributed by atoms with Crippen molar-refractivity contribution in [2.75, 3.05) is 6.61 Å². The van der Waals surface area contributed by atoms with E-state index in [1.54, 1.807) is 0 Å². The van der Waals surface area contributed by atoms with Crippen LogP contribution in [0.15, 0.2) is 30.3 Å². The Morgan fingerprint density at radius 2 is 1.79 bits per heavy atom. The fourth-order valence-electron chi connectivity index (χ4n) is 1.31. The molecule has 0 amide bonds. The zero-order chi connectivity index (χ0) is 13.5. The van der Waals surface area contributed by atoms with E-state index in [4.69, 9.17) is 14.6 Å². The van der Waals surface area contributed by atoms with Crippen molar-refractivity contribution in [2.24, 2.45) is 0 Å². The number of hydrogen-bond donors (Lipinski definition) is 1. The van der Waals surface area contributed by atoms with Crippen molar-refractivity contribution in [3.05, 3.63) is 35.9 Å². The predicted molar refractivity (Wildman–Crippen MR) is 70.5 cm³/mol. The highest BCUT2D eigenvalue weighted by atomic mass is 16.6. The Kier molecular flexibility index (Phi) is 5.36. The number of rotatable bonds is 5. The van der Waals surface area contributed by atoms with Crippen LogP contribution in [0.3, 0.4) is 0 Å². The van der Waals surface area contributed by atoms with Gasteiger partial charge in [-0.25, -0.2) is 4.79 Å². The van der Waals surface area contributed by atoms with E-state index in [2.05, 4.69) is 0 Å². The van der Waals surface area contributed by atoms with Crippen LogP contribution in [0, 0.1) is 0 Å². The summed E-state index contributed by atoms with van der Waals surface area (Å²) < 4.78 is 10.3. The van der Waals surface area contributed by atoms with E-state index in [1.165, 1.54) is 0 Å². The normalized spacial score (nSPS) is 17.3. The third-order valence-corrected chi connectivity index (χ3v) is 2.70. The highest BCUT2D eigenvalue weighted by molar-refractivity contribution is 5.71. The van der Waals surface area contributed by atoms with Gasteiger partial charge in [-0.2, -0.15) is 0 Å².